The molecule has 0 saturated carbocycles. The molecule has 0 radical (unpaired) electrons. The molecule has 2 aromatic rings. The van der Waals surface area contributed by atoms with Crippen LogP contribution in [-0.2, 0) is 4.79 Å². The standard InChI is InChI=1S/C14H16N2OS/c1-9-7-15-8-10(2)13(9)16-14(17)11(3)12-5-4-6-18-12/h4-8,11H,1-3H3,(H,15,16,17)/t11-/m1/s1. The van der Waals surface area contributed by atoms with Gasteiger partial charge in [0.15, 0.2) is 0 Å². The average Bonchev–Trinajstić information content (AvgIpc) is 2.86. The number of nitrogens with zero attached hydrogens (tertiary/aromatic N) is 1. The zero-order valence-electron chi connectivity index (χ0n) is 10.7. The molecule has 94 valence electrons. The van der Waals surface area contributed by atoms with Gasteiger partial charge in [0.2, 0.25) is 5.91 Å². The van der Waals surface area contributed by atoms with Crippen molar-refractivity contribution in [3.05, 3.63) is 45.9 Å². The molecule has 2 heterocycles. The number of hydrogen-bond acceptors (Lipinski definition) is 3. The monoisotopic (exact) mass is 260 g/mol. The van der Waals surface area contributed by atoms with E-state index in [9.17, 15) is 4.79 Å². The van der Waals surface area contributed by atoms with Crippen LogP contribution in [-0.4, -0.2) is 10.9 Å². The summed E-state index contributed by atoms with van der Waals surface area (Å²) in [6.07, 6.45) is 3.52. The smallest absolute Gasteiger partial charge is 0.232 e. The molecule has 1 N–H and O–H groups in total. The van der Waals surface area contributed by atoms with E-state index in [1.165, 1.54) is 0 Å². The van der Waals surface area contributed by atoms with Crippen LogP contribution in [0.15, 0.2) is 29.9 Å². The summed E-state index contributed by atoms with van der Waals surface area (Å²) in [6, 6.07) is 3.95. The quantitative estimate of drug-likeness (QED) is 0.917. The van der Waals surface area contributed by atoms with E-state index >= 15 is 0 Å². The number of rotatable bonds is 3. The Morgan fingerprint density at radius 3 is 2.56 bits per heavy atom. The number of amides is 1. The number of aryl methyl sites for hydroxylation is 2. The van der Waals surface area contributed by atoms with E-state index in [0.29, 0.717) is 0 Å². The van der Waals surface area contributed by atoms with Gasteiger partial charge in [-0.25, -0.2) is 0 Å². The van der Waals surface area contributed by atoms with Crippen molar-refractivity contribution in [3.8, 4) is 0 Å². The number of anilines is 1. The molecule has 0 aliphatic heterocycles. The Morgan fingerprint density at radius 1 is 1.33 bits per heavy atom. The SMILES string of the molecule is Cc1cncc(C)c1NC(=O)[C@H](C)c1cccs1. The molecule has 0 saturated heterocycles. The van der Waals surface area contributed by atoms with Crippen molar-refractivity contribution < 1.29 is 4.79 Å². The van der Waals surface area contributed by atoms with Gasteiger partial charge in [-0.1, -0.05) is 6.07 Å². The van der Waals surface area contributed by atoms with E-state index in [1.54, 1.807) is 23.7 Å². The van der Waals surface area contributed by atoms with Crippen LogP contribution in [0.5, 0.6) is 0 Å². The normalized spacial score (nSPS) is 12.2. The Bertz CT molecular complexity index is 529. The van der Waals surface area contributed by atoms with Gasteiger partial charge in [0.25, 0.3) is 0 Å². The van der Waals surface area contributed by atoms with Crippen LogP contribution in [0.3, 0.4) is 0 Å². The molecule has 3 nitrogen and oxygen atoms in total. The van der Waals surface area contributed by atoms with Gasteiger partial charge in [-0.2, -0.15) is 0 Å². The van der Waals surface area contributed by atoms with Crippen molar-refractivity contribution in [1.29, 1.82) is 0 Å². The van der Waals surface area contributed by atoms with Crippen LogP contribution in [0.4, 0.5) is 5.69 Å². The number of nitrogens with one attached hydrogen (secondary N) is 1. The van der Waals surface area contributed by atoms with Crippen LogP contribution in [0, 0.1) is 13.8 Å². The molecule has 0 unspecified atom stereocenters. The lowest BCUT2D eigenvalue weighted by Gasteiger charge is -2.14. The van der Waals surface area contributed by atoms with Crippen LogP contribution in [0.2, 0.25) is 0 Å². The number of thiophene rings is 1. The largest absolute Gasteiger partial charge is 0.325 e. The van der Waals surface area contributed by atoms with Gasteiger partial charge in [-0.3, -0.25) is 9.78 Å². The third-order valence-electron chi connectivity index (χ3n) is 2.94. The Balaban J connectivity index is 2.17. The van der Waals surface area contributed by atoms with Gasteiger partial charge in [-0.05, 0) is 43.3 Å². The first-order valence-electron chi connectivity index (χ1n) is 5.85. The third kappa shape index (κ3) is 2.59. The van der Waals surface area contributed by atoms with E-state index in [4.69, 9.17) is 0 Å². The molecule has 0 fully saturated rings. The van der Waals surface area contributed by atoms with Crippen LogP contribution in [0.1, 0.15) is 28.8 Å². The molecule has 1 atom stereocenters. The number of aromatic nitrogens is 1. The highest BCUT2D eigenvalue weighted by Crippen LogP contribution is 2.24. The van der Waals surface area contributed by atoms with Crippen molar-refractivity contribution in [2.45, 2.75) is 26.7 Å². The number of carbonyl (C=O) groups excluding carboxylic acids is 1. The Kier molecular flexibility index (Phi) is 3.77. The lowest BCUT2D eigenvalue weighted by atomic mass is 10.1. The zero-order valence-corrected chi connectivity index (χ0v) is 11.5. The summed E-state index contributed by atoms with van der Waals surface area (Å²) in [4.78, 5) is 17.4. The maximum Gasteiger partial charge on any atom is 0.232 e. The van der Waals surface area contributed by atoms with Crippen LogP contribution in [0.25, 0.3) is 0 Å². The maximum atomic E-state index is 12.2. The summed E-state index contributed by atoms with van der Waals surface area (Å²) in [7, 11) is 0. The van der Waals surface area contributed by atoms with Crippen molar-refractivity contribution in [1.82, 2.24) is 4.98 Å². The first-order chi connectivity index (χ1) is 8.59. The molecule has 0 bridgehead atoms. The summed E-state index contributed by atoms with van der Waals surface area (Å²) in [5.41, 5.74) is 2.85. The first kappa shape index (κ1) is 12.8. The van der Waals surface area contributed by atoms with Gasteiger partial charge in [0.1, 0.15) is 0 Å². The highest BCUT2D eigenvalue weighted by Gasteiger charge is 2.17. The molecule has 18 heavy (non-hydrogen) atoms. The second kappa shape index (κ2) is 5.31. The van der Waals surface area contributed by atoms with Crippen molar-refractivity contribution >= 4 is 22.9 Å². The number of hydrogen-bond donors (Lipinski definition) is 1. The minimum Gasteiger partial charge on any atom is -0.325 e. The Labute approximate surface area is 111 Å². The van der Waals surface area contributed by atoms with Crippen LogP contribution < -0.4 is 5.32 Å². The Hall–Kier alpha value is -1.68. The molecule has 0 aromatic carbocycles. The molecular formula is C14H16N2OS. The average molecular weight is 260 g/mol. The predicted octanol–water partition coefficient (Wildman–Crippen LogP) is 3.50. The number of pyridine rings is 1. The summed E-state index contributed by atoms with van der Waals surface area (Å²) >= 11 is 1.61. The van der Waals surface area contributed by atoms with Gasteiger partial charge in [0, 0.05) is 23.0 Å². The van der Waals surface area contributed by atoms with Crippen molar-refractivity contribution in [2.24, 2.45) is 0 Å². The second-order valence-corrected chi connectivity index (χ2v) is 5.35. The lowest BCUT2D eigenvalue weighted by Crippen LogP contribution is -2.19. The fourth-order valence-corrected chi connectivity index (χ4v) is 2.58. The van der Waals surface area contributed by atoms with E-state index in [-0.39, 0.29) is 11.8 Å². The van der Waals surface area contributed by atoms with Gasteiger partial charge in [-0.15, -0.1) is 11.3 Å². The summed E-state index contributed by atoms with van der Waals surface area (Å²) in [5.74, 6) is -0.105. The molecule has 4 heteroatoms. The highest BCUT2D eigenvalue weighted by atomic mass is 32.1. The van der Waals surface area contributed by atoms with Gasteiger partial charge >= 0.3 is 0 Å². The van der Waals surface area contributed by atoms with Crippen LogP contribution >= 0.6 is 11.3 Å². The highest BCUT2D eigenvalue weighted by molar-refractivity contribution is 7.10. The molecule has 2 rings (SSSR count). The molecule has 2 aromatic heterocycles. The minimum absolute atomic E-state index is 0.0230. The molecule has 0 aliphatic carbocycles. The number of carbonyl (C=O) groups is 1. The topological polar surface area (TPSA) is 42.0 Å². The molecule has 0 aliphatic rings. The second-order valence-electron chi connectivity index (χ2n) is 4.37. The van der Waals surface area contributed by atoms with E-state index in [0.717, 1.165) is 21.7 Å². The van der Waals surface area contributed by atoms with E-state index in [1.807, 2.05) is 38.3 Å². The first-order valence-corrected chi connectivity index (χ1v) is 6.73. The molecular weight excluding hydrogens is 244 g/mol. The van der Waals surface area contributed by atoms with E-state index < -0.39 is 0 Å². The fraction of sp³-hybridized carbons (Fsp3) is 0.286. The van der Waals surface area contributed by atoms with Gasteiger partial charge in [0.05, 0.1) is 5.92 Å². The molecule has 1 amide bonds. The van der Waals surface area contributed by atoms with Gasteiger partial charge < -0.3 is 5.32 Å². The lowest BCUT2D eigenvalue weighted by molar-refractivity contribution is -0.117. The minimum atomic E-state index is -0.128. The summed E-state index contributed by atoms with van der Waals surface area (Å²) in [6.45, 7) is 5.82. The van der Waals surface area contributed by atoms with E-state index in [2.05, 4.69) is 10.3 Å². The zero-order chi connectivity index (χ0) is 13.1. The fourth-order valence-electron chi connectivity index (χ4n) is 1.80. The van der Waals surface area contributed by atoms with Crippen molar-refractivity contribution in [2.75, 3.05) is 5.32 Å². The third-order valence-corrected chi connectivity index (χ3v) is 3.99. The molecule has 0 spiro atoms. The summed E-state index contributed by atoms with van der Waals surface area (Å²) < 4.78 is 0. The maximum absolute atomic E-state index is 12.2. The van der Waals surface area contributed by atoms with Crippen molar-refractivity contribution in [3.63, 3.8) is 0 Å². The summed E-state index contributed by atoms with van der Waals surface area (Å²) in [5, 5.41) is 4.98. The predicted molar refractivity (Wildman–Crippen MR) is 75.1 cm³/mol. The Morgan fingerprint density at radius 2 is 2.00 bits per heavy atom.